The van der Waals surface area contributed by atoms with Crippen LogP contribution in [0.1, 0.15) is 16.7 Å². The third-order valence-corrected chi connectivity index (χ3v) is 2.93. The Morgan fingerprint density at radius 2 is 2.05 bits per heavy atom. The lowest BCUT2D eigenvalue weighted by atomic mass is 10.1. The third kappa shape index (κ3) is 4.68. The van der Waals surface area contributed by atoms with Crippen molar-refractivity contribution in [1.82, 2.24) is 10.3 Å². The Morgan fingerprint density at radius 3 is 2.68 bits per heavy atom. The standard InChI is InChI=1S/C16H18N4O2/c1-18-9-12-4-6-14(7-5-12)15(17)20-16(21)22-11-13-3-2-8-19-10-13/h2-8,10,18H,9,11H2,1H3,(H2,17,20,21). The summed E-state index contributed by atoms with van der Waals surface area (Å²) in [5.74, 6) is 0.132. The summed E-state index contributed by atoms with van der Waals surface area (Å²) in [6.07, 6.45) is 2.56. The number of nitrogens with one attached hydrogen (secondary N) is 1. The molecule has 6 heteroatoms. The highest BCUT2D eigenvalue weighted by atomic mass is 16.5. The van der Waals surface area contributed by atoms with Gasteiger partial charge >= 0.3 is 6.09 Å². The average molecular weight is 298 g/mol. The Labute approximate surface area is 129 Å². The molecule has 1 aromatic carbocycles. The van der Waals surface area contributed by atoms with Crippen molar-refractivity contribution in [2.75, 3.05) is 7.05 Å². The zero-order valence-electron chi connectivity index (χ0n) is 12.3. The lowest BCUT2D eigenvalue weighted by Crippen LogP contribution is -2.16. The second kappa shape index (κ2) is 7.90. The van der Waals surface area contributed by atoms with Crippen LogP contribution in [0.15, 0.2) is 53.8 Å². The van der Waals surface area contributed by atoms with Crippen LogP contribution >= 0.6 is 0 Å². The average Bonchev–Trinajstić information content (AvgIpc) is 2.55. The number of nitrogens with zero attached hydrogens (tertiary/aromatic N) is 2. The maximum Gasteiger partial charge on any atom is 0.435 e. The van der Waals surface area contributed by atoms with Crippen LogP contribution in [0.2, 0.25) is 0 Å². The zero-order valence-corrected chi connectivity index (χ0v) is 12.3. The number of carbonyl (C=O) groups is 1. The topological polar surface area (TPSA) is 89.6 Å². The van der Waals surface area contributed by atoms with E-state index in [0.717, 1.165) is 17.7 Å². The molecule has 1 amide bonds. The largest absolute Gasteiger partial charge is 0.443 e. The molecule has 22 heavy (non-hydrogen) atoms. The first kappa shape index (κ1) is 15.7. The number of aliphatic imine (C=N–C) groups is 1. The fourth-order valence-corrected chi connectivity index (χ4v) is 1.82. The van der Waals surface area contributed by atoms with Gasteiger partial charge in [-0.3, -0.25) is 4.98 Å². The summed E-state index contributed by atoms with van der Waals surface area (Å²) >= 11 is 0. The van der Waals surface area contributed by atoms with Gasteiger partial charge in [0.1, 0.15) is 12.4 Å². The summed E-state index contributed by atoms with van der Waals surface area (Å²) < 4.78 is 5.03. The van der Waals surface area contributed by atoms with Gasteiger partial charge in [-0.25, -0.2) is 4.79 Å². The molecule has 114 valence electrons. The number of hydrogen-bond donors (Lipinski definition) is 2. The third-order valence-electron chi connectivity index (χ3n) is 2.93. The van der Waals surface area contributed by atoms with Crippen molar-refractivity contribution in [3.8, 4) is 0 Å². The maximum absolute atomic E-state index is 11.6. The van der Waals surface area contributed by atoms with E-state index in [2.05, 4.69) is 15.3 Å². The highest BCUT2D eigenvalue weighted by molar-refractivity contribution is 6.02. The van der Waals surface area contributed by atoms with E-state index in [1.54, 1.807) is 18.5 Å². The maximum atomic E-state index is 11.6. The molecule has 1 heterocycles. The second-order valence-electron chi connectivity index (χ2n) is 4.64. The van der Waals surface area contributed by atoms with E-state index in [-0.39, 0.29) is 12.4 Å². The van der Waals surface area contributed by atoms with Crippen LogP contribution in [0.3, 0.4) is 0 Å². The minimum absolute atomic E-state index is 0.116. The SMILES string of the molecule is CNCc1ccc(/C(N)=N/C(=O)OCc2cccnc2)cc1. The van der Waals surface area contributed by atoms with Crippen LogP contribution in [0, 0.1) is 0 Å². The summed E-state index contributed by atoms with van der Waals surface area (Å²) in [6.45, 7) is 0.884. The minimum atomic E-state index is -0.722. The summed E-state index contributed by atoms with van der Waals surface area (Å²) in [5, 5.41) is 3.06. The van der Waals surface area contributed by atoms with Crippen LogP contribution in [0.25, 0.3) is 0 Å². The van der Waals surface area contributed by atoms with Gasteiger partial charge in [-0.1, -0.05) is 30.3 Å². The fraction of sp³-hybridized carbons (Fsp3) is 0.188. The number of benzene rings is 1. The van der Waals surface area contributed by atoms with Gasteiger partial charge in [0.05, 0.1) is 0 Å². The molecule has 0 bridgehead atoms. The first-order valence-corrected chi connectivity index (χ1v) is 6.83. The van der Waals surface area contributed by atoms with E-state index in [9.17, 15) is 4.79 Å². The molecule has 3 N–H and O–H groups in total. The molecule has 2 aromatic rings. The van der Waals surface area contributed by atoms with Crippen LogP contribution < -0.4 is 11.1 Å². The molecule has 0 saturated carbocycles. The highest BCUT2D eigenvalue weighted by Gasteiger charge is 2.05. The number of amidine groups is 1. The fourth-order valence-electron chi connectivity index (χ4n) is 1.82. The smallest absolute Gasteiger partial charge is 0.435 e. The van der Waals surface area contributed by atoms with Gasteiger partial charge in [0.2, 0.25) is 0 Å². The summed E-state index contributed by atoms with van der Waals surface area (Å²) in [6, 6.07) is 11.1. The molecule has 2 rings (SSSR count). The zero-order chi connectivity index (χ0) is 15.8. The number of pyridine rings is 1. The number of nitrogens with two attached hydrogens (primary N) is 1. The molecule has 6 nitrogen and oxygen atoms in total. The molecule has 0 unspecified atom stereocenters. The highest BCUT2D eigenvalue weighted by Crippen LogP contribution is 2.05. The van der Waals surface area contributed by atoms with E-state index in [4.69, 9.17) is 10.5 Å². The predicted octanol–water partition coefficient (Wildman–Crippen LogP) is 1.84. The molecular formula is C16H18N4O2. The second-order valence-corrected chi connectivity index (χ2v) is 4.64. The van der Waals surface area contributed by atoms with Crippen molar-refractivity contribution in [2.45, 2.75) is 13.2 Å². The predicted molar refractivity (Wildman–Crippen MR) is 84.4 cm³/mol. The van der Waals surface area contributed by atoms with Crippen LogP contribution in [0.4, 0.5) is 4.79 Å². The molecule has 0 spiro atoms. The lowest BCUT2D eigenvalue weighted by Gasteiger charge is -2.04. The molecule has 0 aliphatic rings. The van der Waals surface area contributed by atoms with Gasteiger partial charge in [0.25, 0.3) is 0 Å². The number of ether oxygens (including phenoxy) is 1. The van der Waals surface area contributed by atoms with Crippen molar-refractivity contribution in [2.24, 2.45) is 10.7 Å². The normalized spacial score (nSPS) is 11.2. The van der Waals surface area contributed by atoms with E-state index in [1.165, 1.54) is 0 Å². The van der Waals surface area contributed by atoms with Gasteiger partial charge in [0.15, 0.2) is 0 Å². The van der Waals surface area contributed by atoms with Crippen molar-refractivity contribution in [1.29, 1.82) is 0 Å². The van der Waals surface area contributed by atoms with Gasteiger partial charge < -0.3 is 15.8 Å². The van der Waals surface area contributed by atoms with Crippen molar-refractivity contribution in [3.05, 3.63) is 65.5 Å². The molecular weight excluding hydrogens is 280 g/mol. The summed E-state index contributed by atoms with van der Waals surface area (Å²) in [4.78, 5) is 19.3. The molecule has 0 saturated heterocycles. The molecule has 0 aliphatic heterocycles. The Morgan fingerprint density at radius 1 is 1.27 bits per heavy atom. The van der Waals surface area contributed by atoms with E-state index < -0.39 is 6.09 Å². The van der Waals surface area contributed by atoms with Crippen LogP contribution in [-0.4, -0.2) is 24.0 Å². The summed E-state index contributed by atoms with van der Waals surface area (Å²) in [7, 11) is 1.88. The number of amides is 1. The van der Waals surface area contributed by atoms with Crippen LogP contribution in [0.5, 0.6) is 0 Å². The molecule has 0 radical (unpaired) electrons. The minimum Gasteiger partial charge on any atom is -0.443 e. The first-order valence-electron chi connectivity index (χ1n) is 6.83. The van der Waals surface area contributed by atoms with Gasteiger partial charge in [-0.05, 0) is 18.7 Å². The van der Waals surface area contributed by atoms with Gasteiger partial charge in [0, 0.05) is 30.1 Å². The van der Waals surface area contributed by atoms with Crippen molar-refractivity contribution < 1.29 is 9.53 Å². The molecule has 0 atom stereocenters. The Kier molecular flexibility index (Phi) is 5.62. The van der Waals surface area contributed by atoms with Crippen LogP contribution in [-0.2, 0) is 17.9 Å². The Hall–Kier alpha value is -2.73. The quantitative estimate of drug-likeness (QED) is 0.649. The van der Waals surface area contributed by atoms with E-state index >= 15 is 0 Å². The summed E-state index contributed by atoms with van der Waals surface area (Å²) in [5.41, 5.74) is 8.40. The Bertz CT molecular complexity index is 639. The Balaban J connectivity index is 1.94. The van der Waals surface area contributed by atoms with E-state index in [1.807, 2.05) is 37.4 Å². The number of rotatable bonds is 5. The van der Waals surface area contributed by atoms with Gasteiger partial charge in [-0.2, -0.15) is 4.99 Å². The molecule has 1 aromatic heterocycles. The number of hydrogen-bond acceptors (Lipinski definition) is 4. The molecule has 0 fully saturated rings. The monoisotopic (exact) mass is 298 g/mol. The van der Waals surface area contributed by atoms with E-state index in [0.29, 0.717) is 5.56 Å². The number of aromatic nitrogens is 1. The molecule has 0 aliphatic carbocycles. The van der Waals surface area contributed by atoms with Crippen molar-refractivity contribution in [3.63, 3.8) is 0 Å². The van der Waals surface area contributed by atoms with Gasteiger partial charge in [-0.15, -0.1) is 0 Å². The first-order chi connectivity index (χ1) is 10.7. The number of carbonyl (C=O) groups excluding carboxylic acids is 1. The lowest BCUT2D eigenvalue weighted by molar-refractivity contribution is 0.150. The van der Waals surface area contributed by atoms with Crippen molar-refractivity contribution >= 4 is 11.9 Å².